The van der Waals surface area contributed by atoms with Crippen LogP contribution >= 0.6 is 0 Å². The zero-order valence-electron chi connectivity index (χ0n) is 12.8. The van der Waals surface area contributed by atoms with E-state index in [2.05, 4.69) is 9.97 Å². The van der Waals surface area contributed by atoms with Crippen molar-refractivity contribution < 1.29 is 19.2 Å². The van der Waals surface area contributed by atoms with Gasteiger partial charge in [0.2, 0.25) is 5.78 Å². The number of non-ortho nitro benzene ring substituents is 1. The maximum atomic E-state index is 12.0. The molecule has 0 bridgehead atoms. The summed E-state index contributed by atoms with van der Waals surface area (Å²) in [4.78, 5) is 42.4. The van der Waals surface area contributed by atoms with Crippen molar-refractivity contribution in [1.82, 2.24) is 9.97 Å². The van der Waals surface area contributed by atoms with Crippen molar-refractivity contribution in [2.75, 3.05) is 6.61 Å². The Balaban J connectivity index is 1.69. The van der Waals surface area contributed by atoms with Crippen LogP contribution in [0.3, 0.4) is 0 Å². The highest BCUT2D eigenvalue weighted by molar-refractivity contribution is 5.99. The third-order valence-corrected chi connectivity index (χ3v) is 3.37. The second-order valence-electron chi connectivity index (χ2n) is 5.05. The van der Waals surface area contributed by atoms with E-state index in [1.807, 2.05) is 0 Å². The van der Waals surface area contributed by atoms with Crippen molar-refractivity contribution in [3.05, 3.63) is 76.1 Å². The van der Waals surface area contributed by atoms with Crippen LogP contribution in [-0.2, 0) is 4.74 Å². The molecule has 2 aromatic carbocycles. The van der Waals surface area contributed by atoms with Crippen LogP contribution in [-0.4, -0.2) is 33.3 Å². The molecule has 0 fully saturated rings. The van der Waals surface area contributed by atoms with Crippen LogP contribution in [0, 0.1) is 10.1 Å². The van der Waals surface area contributed by atoms with Gasteiger partial charge >= 0.3 is 5.97 Å². The molecule has 0 unspecified atom stereocenters. The van der Waals surface area contributed by atoms with Crippen LogP contribution in [0.4, 0.5) is 5.69 Å². The van der Waals surface area contributed by atoms with Gasteiger partial charge in [0.1, 0.15) is 0 Å². The number of fused-ring (bicyclic) bond motifs is 1. The lowest BCUT2D eigenvalue weighted by Crippen LogP contribution is -2.15. The standard InChI is InChI=1S/C17H11N3O5/c21-16(11-4-3-5-12(8-11)20(23)24)10-25-17(22)15-9-18-13-6-1-2-7-14(13)19-15/h1-9H,10H2. The average Bonchev–Trinajstić information content (AvgIpc) is 2.65. The Labute approximate surface area is 141 Å². The number of nitro groups is 1. The summed E-state index contributed by atoms with van der Waals surface area (Å²) in [5.74, 6) is -1.34. The fraction of sp³-hybridized carbons (Fsp3) is 0.0588. The van der Waals surface area contributed by atoms with Crippen LogP contribution < -0.4 is 0 Å². The van der Waals surface area contributed by atoms with Gasteiger partial charge in [-0.25, -0.2) is 9.78 Å². The molecule has 0 aliphatic carbocycles. The third-order valence-electron chi connectivity index (χ3n) is 3.37. The zero-order valence-corrected chi connectivity index (χ0v) is 12.8. The third kappa shape index (κ3) is 3.63. The number of nitro benzene ring substituents is 1. The van der Waals surface area contributed by atoms with Gasteiger partial charge in [0, 0.05) is 17.7 Å². The number of para-hydroxylation sites is 2. The van der Waals surface area contributed by atoms with Gasteiger partial charge in [-0.3, -0.25) is 19.9 Å². The molecule has 3 aromatic rings. The lowest BCUT2D eigenvalue weighted by Gasteiger charge is -2.04. The van der Waals surface area contributed by atoms with Gasteiger partial charge in [-0.2, -0.15) is 0 Å². The van der Waals surface area contributed by atoms with Gasteiger partial charge in [-0.05, 0) is 12.1 Å². The van der Waals surface area contributed by atoms with E-state index in [9.17, 15) is 19.7 Å². The van der Waals surface area contributed by atoms with E-state index < -0.39 is 23.3 Å². The first kappa shape index (κ1) is 16.2. The molecule has 8 nitrogen and oxygen atoms in total. The van der Waals surface area contributed by atoms with Gasteiger partial charge in [-0.1, -0.05) is 24.3 Å². The van der Waals surface area contributed by atoms with Gasteiger partial charge in [-0.15, -0.1) is 0 Å². The summed E-state index contributed by atoms with van der Waals surface area (Å²) in [6.07, 6.45) is 1.27. The molecule has 0 N–H and O–H groups in total. The molecule has 1 aromatic heterocycles. The zero-order chi connectivity index (χ0) is 17.8. The molecule has 8 heteroatoms. The summed E-state index contributed by atoms with van der Waals surface area (Å²) < 4.78 is 4.93. The number of aromatic nitrogens is 2. The quantitative estimate of drug-likeness (QED) is 0.304. The van der Waals surface area contributed by atoms with E-state index >= 15 is 0 Å². The Bertz CT molecular complexity index is 987. The smallest absolute Gasteiger partial charge is 0.359 e. The summed E-state index contributed by atoms with van der Waals surface area (Å²) in [5, 5.41) is 10.7. The molecule has 1 heterocycles. The van der Waals surface area contributed by atoms with Crippen molar-refractivity contribution >= 4 is 28.5 Å². The predicted octanol–water partition coefficient (Wildman–Crippen LogP) is 2.58. The molecule has 3 rings (SSSR count). The number of Topliss-reactive ketones (excluding diaryl/α,β-unsaturated/α-hetero) is 1. The first-order valence-corrected chi connectivity index (χ1v) is 7.21. The van der Waals surface area contributed by atoms with Crippen LogP contribution in [0.2, 0.25) is 0 Å². The minimum atomic E-state index is -0.794. The number of esters is 1. The minimum Gasteiger partial charge on any atom is -0.453 e. The Kier molecular flexibility index (Phi) is 4.42. The second-order valence-corrected chi connectivity index (χ2v) is 5.05. The van der Waals surface area contributed by atoms with Gasteiger partial charge in [0.25, 0.3) is 5.69 Å². The van der Waals surface area contributed by atoms with E-state index in [-0.39, 0.29) is 16.9 Å². The Morgan fingerprint density at radius 1 is 1.08 bits per heavy atom. The SMILES string of the molecule is O=C(COC(=O)c1cnc2ccccc2n1)c1cccc([N+](=O)[O-])c1. The first-order valence-electron chi connectivity index (χ1n) is 7.21. The summed E-state index contributed by atoms with van der Waals surface area (Å²) >= 11 is 0. The van der Waals surface area contributed by atoms with Crippen molar-refractivity contribution in [3.63, 3.8) is 0 Å². The highest BCUT2D eigenvalue weighted by Crippen LogP contribution is 2.14. The monoisotopic (exact) mass is 337 g/mol. The summed E-state index contributed by atoms with van der Waals surface area (Å²) in [7, 11) is 0. The molecule has 0 radical (unpaired) electrons. The van der Waals surface area contributed by atoms with Crippen LogP contribution in [0.25, 0.3) is 11.0 Å². The highest BCUT2D eigenvalue weighted by Gasteiger charge is 2.16. The van der Waals surface area contributed by atoms with Crippen molar-refractivity contribution in [3.8, 4) is 0 Å². The molecule has 0 spiro atoms. The second kappa shape index (κ2) is 6.83. The number of hydrogen-bond donors (Lipinski definition) is 0. The summed E-state index contributed by atoms with van der Waals surface area (Å²) in [5.41, 5.74) is 1.02. The molecule has 0 aliphatic heterocycles. The normalized spacial score (nSPS) is 10.4. The number of ketones is 1. The number of benzene rings is 2. The molecule has 0 aliphatic rings. The first-order chi connectivity index (χ1) is 12.0. The van der Waals surface area contributed by atoms with E-state index in [0.717, 1.165) is 6.07 Å². The lowest BCUT2D eigenvalue weighted by molar-refractivity contribution is -0.384. The highest BCUT2D eigenvalue weighted by atomic mass is 16.6. The minimum absolute atomic E-state index is 0.0226. The Morgan fingerprint density at radius 2 is 1.84 bits per heavy atom. The van der Waals surface area contributed by atoms with Gasteiger partial charge < -0.3 is 4.74 Å². The maximum Gasteiger partial charge on any atom is 0.359 e. The molecule has 25 heavy (non-hydrogen) atoms. The van der Waals surface area contributed by atoms with Gasteiger partial charge in [0.05, 0.1) is 22.2 Å². The molecule has 0 atom stereocenters. The van der Waals surface area contributed by atoms with Crippen molar-refractivity contribution in [2.45, 2.75) is 0 Å². The van der Waals surface area contributed by atoms with E-state index in [1.165, 1.54) is 24.4 Å². The van der Waals surface area contributed by atoms with Gasteiger partial charge in [0.15, 0.2) is 12.3 Å². The largest absolute Gasteiger partial charge is 0.453 e. The summed E-state index contributed by atoms with van der Waals surface area (Å²) in [6, 6.07) is 12.2. The molecular weight excluding hydrogens is 326 g/mol. The number of carbonyl (C=O) groups is 2. The summed E-state index contributed by atoms with van der Waals surface area (Å²) in [6.45, 7) is -0.547. The molecule has 0 saturated carbocycles. The van der Waals surface area contributed by atoms with Crippen LogP contribution in [0.15, 0.2) is 54.7 Å². The molecule has 0 amide bonds. The molecule has 0 saturated heterocycles. The maximum absolute atomic E-state index is 12.0. The predicted molar refractivity (Wildman–Crippen MR) is 87.2 cm³/mol. The average molecular weight is 337 g/mol. The fourth-order valence-electron chi connectivity index (χ4n) is 2.14. The van der Waals surface area contributed by atoms with E-state index in [4.69, 9.17) is 4.74 Å². The van der Waals surface area contributed by atoms with E-state index in [0.29, 0.717) is 11.0 Å². The molecule has 124 valence electrons. The van der Waals surface area contributed by atoms with E-state index in [1.54, 1.807) is 24.3 Å². The number of carbonyl (C=O) groups excluding carboxylic acids is 2. The Hall–Kier alpha value is -3.68. The van der Waals surface area contributed by atoms with Crippen molar-refractivity contribution in [1.29, 1.82) is 0 Å². The van der Waals surface area contributed by atoms with Crippen LogP contribution in [0.5, 0.6) is 0 Å². The molecular formula is C17H11N3O5. The number of ether oxygens (including phenoxy) is 1. The Morgan fingerprint density at radius 3 is 2.60 bits per heavy atom. The topological polar surface area (TPSA) is 112 Å². The van der Waals surface area contributed by atoms with Crippen molar-refractivity contribution in [2.24, 2.45) is 0 Å². The van der Waals surface area contributed by atoms with Crippen LogP contribution in [0.1, 0.15) is 20.8 Å². The lowest BCUT2D eigenvalue weighted by atomic mass is 10.1. The number of rotatable bonds is 5. The number of hydrogen-bond acceptors (Lipinski definition) is 7. The number of nitrogens with zero attached hydrogens (tertiary/aromatic N) is 3. The fourth-order valence-corrected chi connectivity index (χ4v) is 2.14.